The summed E-state index contributed by atoms with van der Waals surface area (Å²) in [6, 6.07) is 0. The molecule has 0 bridgehead atoms. The number of hydrogen-bond acceptors (Lipinski definition) is 6. The number of aliphatic hydroxyl groups is 1. The maximum Gasteiger partial charge on any atom is 0.351 e. The molecular formula is C10H13ClN2O3S. The number of methoxy groups -OCH3 is 1. The average molecular weight is 277 g/mol. The summed E-state index contributed by atoms with van der Waals surface area (Å²) >= 11 is 7.00. The monoisotopic (exact) mass is 276 g/mol. The van der Waals surface area contributed by atoms with Crippen LogP contribution in [0.5, 0.6) is 0 Å². The Bertz CT molecular complexity index is 418. The van der Waals surface area contributed by atoms with Crippen molar-refractivity contribution in [1.82, 2.24) is 4.98 Å². The van der Waals surface area contributed by atoms with E-state index in [1.165, 1.54) is 18.4 Å². The molecule has 1 aliphatic carbocycles. The molecule has 0 spiro atoms. The highest BCUT2D eigenvalue weighted by molar-refractivity contribution is 7.18. The topological polar surface area (TPSA) is 71.5 Å². The van der Waals surface area contributed by atoms with Crippen LogP contribution in [0.1, 0.15) is 22.5 Å². The first kappa shape index (κ1) is 12.6. The van der Waals surface area contributed by atoms with E-state index in [1.807, 2.05) is 0 Å². The van der Waals surface area contributed by atoms with Crippen LogP contribution in [0.25, 0.3) is 0 Å². The number of hydrogen-bond donors (Lipinski definition) is 2. The van der Waals surface area contributed by atoms with Gasteiger partial charge in [0.25, 0.3) is 0 Å². The number of anilines is 1. The molecule has 0 saturated heterocycles. The lowest BCUT2D eigenvalue weighted by Crippen LogP contribution is -2.33. The van der Waals surface area contributed by atoms with E-state index in [9.17, 15) is 4.79 Å². The van der Waals surface area contributed by atoms with Crippen LogP contribution < -0.4 is 5.32 Å². The smallest absolute Gasteiger partial charge is 0.351 e. The molecule has 1 saturated carbocycles. The number of halogens is 1. The first-order chi connectivity index (χ1) is 8.10. The first-order valence-corrected chi connectivity index (χ1v) is 6.46. The molecule has 5 nitrogen and oxygen atoms in total. The van der Waals surface area contributed by atoms with Gasteiger partial charge in [-0.1, -0.05) is 22.9 Å². The van der Waals surface area contributed by atoms with Gasteiger partial charge in [-0.3, -0.25) is 0 Å². The fourth-order valence-electron chi connectivity index (χ4n) is 1.69. The molecule has 0 atom stereocenters. The van der Waals surface area contributed by atoms with Gasteiger partial charge in [-0.2, -0.15) is 0 Å². The Kier molecular flexibility index (Phi) is 3.86. The van der Waals surface area contributed by atoms with Gasteiger partial charge in [-0.15, -0.1) is 0 Å². The second-order valence-electron chi connectivity index (χ2n) is 4.00. The number of carbonyl (C=O) groups excluding carboxylic acids is 1. The Morgan fingerprint density at radius 1 is 1.71 bits per heavy atom. The minimum Gasteiger partial charge on any atom is -0.465 e. The Morgan fingerprint density at radius 2 is 2.41 bits per heavy atom. The maximum atomic E-state index is 11.3. The minimum absolute atomic E-state index is 0.160. The van der Waals surface area contributed by atoms with Crippen molar-refractivity contribution in [2.24, 2.45) is 5.92 Å². The average Bonchev–Trinajstić information content (AvgIpc) is 2.63. The van der Waals surface area contributed by atoms with Gasteiger partial charge in [-0.05, 0) is 18.8 Å². The van der Waals surface area contributed by atoms with Gasteiger partial charge in [0, 0.05) is 6.54 Å². The molecule has 1 fully saturated rings. The SMILES string of the molecule is COC(=O)c1sc(NCC2CC(O)C2)nc1Cl. The number of nitrogens with one attached hydrogen (secondary N) is 1. The van der Waals surface area contributed by atoms with E-state index >= 15 is 0 Å². The molecule has 94 valence electrons. The van der Waals surface area contributed by atoms with Crippen molar-refractivity contribution in [2.45, 2.75) is 18.9 Å². The van der Waals surface area contributed by atoms with Crippen molar-refractivity contribution < 1.29 is 14.6 Å². The summed E-state index contributed by atoms with van der Waals surface area (Å²) in [5, 5.41) is 13.0. The van der Waals surface area contributed by atoms with Crippen molar-refractivity contribution in [1.29, 1.82) is 0 Å². The van der Waals surface area contributed by atoms with Gasteiger partial charge in [0.2, 0.25) is 0 Å². The number of aliphatic hydroxyl groups excluding tert-OH is 1. The predicted molar refractivity (Wildman–Crippen MR) is 65.7 cm³/mol. The molecule has 1 heterocycles. The van der Waals surface area contributed by atoms with Crippen LogP contribution in [0.15, 0.2) is 0 Å². The molecule has 1 aliphatic rings. The lowest BCUT2D eigenvalue weighted by atomic mass is 9.82. The number of esters is 1. The normalized spacial score (nSPS) is 23.0. The van der Waals surface area contributed by atoms with Crippen molar-refractivity contribution in [3.8, 4) is 0 Å². The van der Waals surface area contributed by atoms with E-state index in [4.69, 9.17) is 16.7 Å². The first-order valence-electron chi connectivity index (χ1n) is 5.26. The van der Waals surface area contributed by atoms with Crippen LogP contribution in [0.2, 0.25) is 5.15 Å². The Labute approximate surface area is 108 Å². The molecule has 0 radical (unpaired) electrons. The molecule has 1 aromatic heterocycles. The van der Waals surface area contributed by atoms with E-state index in [1.54, 1.807) is 0 Å². The number of thiazole rings is 1. The van der Waals surface area contributed by atoms with Crippen molar-refractivity contribution in [3.63, 3.8) is 0 Å². The van der Waals surface area contributed by atoms with Crippen LogP contribution in [0, 0.1) is 5.92 Å². The molecule has 0 unspecified atom stereocenters. The number of carbonyl (C=O) groups is 1. The Balaban J connectivity index is 1.91. The zero-order chi connectivity index (χ0) is 12.4. The third-order valence-corrected chi connectivity index (χ3v) is 4.09. The van der Waals surface area contributed by atoms with Gasteiger partial charge in [0.1, 0.15) is 0 Å². The highest BCUT2D eigenvalue weighted by Crippen LogP contribution is 2.30. The van der Waals surface area contributed by atoms with E-state index in [-0.39, 0.29) is 11.3 Å². The summed E-state index contributed by atoms with van der Waals surface area (Å²) in [7, 11) is 1.31. The molecule has 7 heteroatoms. The lowest BCUT2D eigenvalue weighted by Gasteiger charge is -2.31. The van der Waals surface area contributed by atoms with E-state index < -0.39 is 5.97 Å². The summed E-state index contributed by atoms with van der Waals surface area (Å²) in [4.78, 5) is 15.6. The van der Waals surface area contributed by atoms with E-state index in [2.05, 4.69) is 15.0 Å². The molecular weight excluding hydrogens is 264 g/mol. The minimum atomic E-state index is -0.473. The Hall–Kier alpha value is -0.850. The fraction of sp³-hybridized carbons (Fsp3) is 0.600. The zero-order valence-electron chi connectivity index (χ0n) is 9.27. The molecule has 17 heavy (non-hydrogen) atoms. The summed E-state index contributed by atoms with van der Waals surface area (Å²) in [5.41, 5.74) is 0. The molecule has 2 rings (SSSR count). The van der Waals surface area contributed by atoms with Crippen molar-refractivity contribution in [3.05, 3.63) is 10.0 Å². The van der Waals surface area contributed by atoms with Gasteiger partial charge in [0.05, 0.1) is 13.2 Å². The van der Waals surface area contributed by atoms with Crippen LogP contribution in [-0.2, 0) is 4.74 Å². The van der Waals surface area contributed by atoms with E-state index in [0.717, 1.165) is 19.4 Å². The zero-order valence-corrected chi connectivity index (χ0v) is 10.8. The lowest BCUT2D eigenvalue weighted by molar-refractivity contribution is 0.0486. The van der Waals surface area contributed by atoms with Crippen LogP contribution in [0.4, 0.5) is 5.13 Å². The van der Waals surface area contributed by atoms with Crippen molar-refractivity contribution >= 4 is 34.0 Å². The standard InChI is InChI=1S/C10H13ClN2O3S/c1-16-9(15)7-8(11)13-10(17-7)12-4-5-2-6(14)3-5/h5-6,14H,2-4H2,1H3,(H,12,13). The number of rotatable bonds is 4. The summed E-state index contributed by atoms with van der Waals surface area (Å²) in [6.45, 7) is 0.738. The second-order valence-corrected chi connectivity index (χ2v) is 5.36. The highest BCUT2D eigenvalue weighted by atomic mass is 35.5. The van der Waals surface area contributed by atoms with Crippen molar-refractivity contribution in [2.75, 3.05) is 19.0 Å². The number of aromatic nitrogens is 1. The largest absolute Gasteiger partial charge is 0.465 e. The third-order valence-electron chi connectivity index (χ3n) is 2.71. The van der Waals surface area contributed by atoms with Gasteiger partial charge in [0.15, 0.2) is 15.2 Å². The molecule has 0 aromatic carbocycles. The number of ether oxygens (including phenoxy) is 1. The van der Waals surface area contributed by atoms with Crippen LogP contribution in [-0.4, -0.2) is 35.8 Å². The quantitative estimate of drug-likeness (QED) is 0.820. The molecule has 1 aromatic rings. The molecule has 0 aliphatic heterocycles. The van der Waals surface area contributed by atoms with Gasteiger partial charge in [-0.25, -0.2) is 9.78 Å². The summed E-state index contributed by atoms with van der Waals surface area (Å²) in [6.07, 6.45) is 1.47. The summed E-state index contributed by atoms with van der Waals surface area (Å²) < 4.78 is 4.59. The van der Waals surface area contributed by atoms with Gasteiger partial charge < -0.3 is 15.2 Å². The summed E-state index contributed by atoms with van der Waals surface area (Å²) in [5.74, 6) is -0.00568. The Morgan fingerprint density at radius 3 is 3.00 bits per heavy atom. The van der Waals surface area contributed by atoms with Crippen LogP contribution >= 0.6 is 22.9 Å². The fourth-order valence-corrected chi connectivity index (χ4v) is 2.80. The van der Waals surface area contributed by atoms with Crippen LogP contribution in [0.3, 0.4) is 0 Å². The van der Waals surface area contributed by atoms with E-state index in [0.29, 0.717) is 15.9 Å². The maximum absolute atomic E-state index is 11.3. The third kappa shape index (κ3) is 2.88. The molecule has 2 N–H and O–H groups in total. The second kappa shape index (κ2) is 5.20. The highest BCUT2D eigenvalue weighted by Gasteiger charge is 2.27. The predicted octanol–water partition coefficient (Wildman–Crippen LogP) is 1.77. The van der Waals surface area contributed by atoms with Gasteiger partial charge >= 0.3 is 5.97 Å². The number of nitrogens with zero attached hydrogens (tertiary/aromatic N) is 1. The molecule has 0 amide bonds.